The van der Waals surface area contributed by atoms with E-state index in [2.05, 4.69) is 62.0 Å². The van der Waals surface area contributed by atoms with E-state index in [4.69, 9.17) is 4.74 Å². The van der Waals surface area contributed by atoms with Crippen LogP contribution >= 0.6 is 43.2 Å². The van der Waals surface area contributed by atoms with Crippen molar-refractivity contribution in [2.75, 3.05) is 32.8 Å². The molecule has 0 aromatic carbocycles. The predicted octanol–water partition coefficient (Wildman–Crippen LogP) is 4.11. The Bertz CT molecular complexity index is 414. The molecule has 1 N–H and O–H groups in total. The molecule has 1 aromatic heterocycles. The third-order valence-corrected chi connectivity index (χ3v) is 6.94. The summed E-state index contributed by atoms with van der Waals surface area (Å²) >= 11 is 8.89. The average Bonchev–Trinajstić information content (AvgIpc) is 2.77. The van der Waals surface area contributed by atoms with Crippen molar-refractivity contribution in [2.24, 2.45) is 5.92 Å². The molecule has 1 saturated heterocycles. The van der Waals surface area contributed by atoms with Crippen molar-refractivity contribution < 1.29 is 4.74 Å². The van der Waals surface area contributed by atoms with Gasteiger partial charge in [0, 0.05) is 41.6 Å². The Labute approximate surface area is 148 Å². The summed E-state index contributed by atoms with van der Waals surface area (Å²) in [6.07, 6.45) is 1.24. The highest BCUT2D eigenvalue weighted by molar-refractivity contribution is 9.13. The monoisotopic (exact) mass is 438 g/mol. The number of morpholine rings is 1. The zero-order valence-corrected chi connectivity index (χ0v) is 16.7. The van der Waals surface area contributed by atoms with E-state index < -0.39 is 0 Å². The second-order valence-corrected chi connectivity index (χ2v) is 9.21. The number of hydrogen-bond acceptors (Lipinski definition) is 4. The van der Waals surface area contributed by atoms with Crippen molar-refractivity contribution in [3.05, 3.63) is 19.2 Å². The third-order valence-electron chi connectivity index (χ3n) is 3.68. The maximum absolute atomic E-state index is 5.47. The van der Waals surface area contributed by atoms with Crippen LogP contribution in [0.4, 0.5) is 0 Å². The van der Waals surface area contributed by atoms with Gasteiger partial charge in [0.1, 0.15) is 0 Å². The van der Waals surface area contributed by atoms with Crippen LogP contribution in [0.5, 0.6) is 0 Å². The first-order valence-corrected chi connectivity index (χ1v) is 9.92. The van der Waals surface area contributed by atoms with E-state index in [-0.39, 0.29) is 0 Å². The molecule has 1 aliphatic rings. The fraction of sp³-hybridized carbons (Fsp3) is 0.733. The lowest BCUT2D eigenvalue weighted by Gasteiger charge is -2.35. The largest absolute Gasteiger partial charge is 0.379 e. The van der Waals surface area contributed by atoms with Crippen LogP contribution in [0, 0.1) is 5.92 Å². The summed E-state index contributed by atoms with van der Waals surface area (Å²) in [5.41, 5.74) is 0. The van der Waals surface area contributed by atoms with Crippen molar-refractivity contribution in [3.8, 4) is 0 Å². The number of thiophene rings is 1. The van der Waals surface area contributed by atoms with Crippen LogP contribution in [0.2, 0.25) is 0 Å². The Kier molecular flexibility index (Phi) is 7.66. The summed E-state index contributed by atoms with van der Waals surface area (Å²) in [5, 5.41) is 3.63. The fourth-order valence-electron chi connectivity index (χ4n) is 2.69. The highest BCUT2D eigenvalue weighted by atomic mass is 79.9. The molecule has 1 aromatic rings. The van der Waals surface area contributed by atoms with Gasteiger partial charge in [-0.2, -0.15) is 0 Å². The lowest BCUT2D eigenvalue weighted by Crippen LogP contribution is -2.48. The van der Waals surface area contributed by atoms with E-state index in [1.165, 1.54) is 15.1 Å². The zero-order valence-electron chi connectivity index (χ0n) is 12.7. The van der Waals surface area contributed by atoms with Gasteiger partial charge in [-0.05, 0) is 50.3 Å². The Morgan fingerprint density at radius 3 is 2.62 bits per heavy atom. The van der Waals surface area contributed by atoms with Gasteiger partial charge in [0.15, 0.2) is 0 Å². The number of hydrogen-bond donors (Lipinski definition) is 1. The highest BCUT2D eigenvalue weighted by Gasteiger charge is 2.21. The highest BCUT2D eigenvalue weighted by Crippen LogP contribution is 2.32. The number of ether oxygens (including phenoxy) is 1. The van der Waals surface area contributed by atoms with Crippen LogP contribution in [0.1, 0.15) is 25.1 Å². The minimum Gasteiger partial charge on any atom is -0.379 e. The number of nitrogens with one attached hydrogen (secondary N) is 1. The normalized spacial score (nSPS) is 18.3. The van der Waals surface area contributed by atoms with E-state index in [1.807, 2.05) is 0 Å². The van der Waals surface area contributed by atoms with E-state index in [9.17, 15) is 0 Å². The van der Waals surface area contributed by atoms with Crippen molar-refractivity contribution in [3.63, 3.8) is 0 Å². The lowest BCUT2D eigenvalue weighted by molar-refractivity contribution is 0.0123. The molecule has 0 bridgehead atoms. The van der Waals surface area contributed by atoms with Gasteiger partial charge in [0.2, 0.25) is 0 Å². The molecule has 0 saturated carbocycles. The van der Waals surface area contributed by atoms with Crippen LogP contribution in [0.3, 0.4) is 0 Å². The quantitative estimate of drug-likeness (QED) is 0.691. The molecule has 120 valence electrons. The van der Waals surface area contributed by atoms with Crippen LogP contribution in [-0.2, 0) is 11.3 Å². The van der Waals surface area contributed by atoms with Gasteiger partial charge in [-0.15, -0.1) is 11.3 Å². The Morgan fingerprint density at radius 2 is 2.05 bits per heavy atom. The van der Waals surface area contributed by atoms with E-state index in [1.54, 1.807) is 11.3 Å². The maximum Gasteiger partial charge on any atom is 0.0843 e. The summed E-state index contributed by atoms with van der Waals surface area (Å²) in [6.45, 7) is 10.5. The molecule has 1 fully saturated rings. The van der Waals surface area contributed by atoms with Crippen molar-refractivity contribution in [1.29, 1.82) is 0 Å². The van der Waals surface area contributed by atoms with Gasteiger partial charge in [-0.3, -0.25) is 4.90 Å². The summed E-state index contributed by atoms with van der Waals surface area (Å²) in [5.74, 6) is 0.727. The van der Waals surface area contributed by atoms with Crippen LogP contribution < -0.4 is 5.32 Å². The molecule has 1 unspecified atom stereocenters. The topological polar surface area (TPSA) is 24.5 Å². The smallest absolute Gasteiger partial charge is 0.0843 e. The summed E-state index contributed by atoms with van der Waals surface area (Å²) < 4.78 is 7.80. The van der Waals surface area contributed by atoms with Crippen molar-refractivity contribution in [1.82, 2.24) is 10.2 Å². The van der Waals surface area contributed by atoms with E-state index in [0.29, 0.717) is 6.04 Å². The van der Waals surface area contributed by atoms with Crippen LogP contribution in [0.15, 0.2) is 14.3 Å². The van der Waals surface area contributed by atoms with Gasteiger partial charge in [0.05, 0.1) is 17.0 Å². The molecule has 21 heavy (non-hydrogen) atoms. The number of halogens is 2. The summed E-state index contributed by atoms with van der Waals surface area (Å²) in [7, 11) is 0. The van der Waals surface area contributed by atoms with Gasteiger partial charge in [-0.1, -0.05) is 13.8 Å². The molecule has 3 nitrogen and oxygen atoms in total. The first kappa shape index (κ1) is 17.9. The lowest BCUT2D eigenvalue weighted by atomic mass is 10.0. The van der Waals surface area contributed by atoms with Crippen molar-refractivity contribution in [2.45, 2.75) is 32.9 Å². The molecule has 6 heteroatoms. The maximum atomic E-state index is 5.47. The number of nitrogens with zero attached hydrogens (tertiary/aromatic N) is 1. The average molecular weight is 440 g/mol. The van der Waals surface area contributed by atoms with Gasteiger partial charge in [0.25, 0.3) is 0 Å². The second-order valence-electron chi connectivity index (χ2n) is 5.90. The Morgan fingerprint density at radius 1 is 1.33 bits per heavy atom. The molecule has 0 radical (unpaired) electrons. The molecule has 0 aliphatic carbocycles. The first-order valence-electron chi connectivity index (χ1n) is 7.52. The minimum atomic E-state index is 0.612. The van der Waals surface area contributed by atoms with E-state index in [0.717, 1.165) is 49.8 Å². The van der Waals surface area contributed by atoms with Gasteiger partial charge >= 0.3 is 0 Å². The van der Waals surface area contributed by atoms with E-state index >= 15 is 0 Å². The second kappa shape index (κ2) is 8.99. The molecule has 2 heterocycles. The molecule has 0 spiro atoms. The molecule has 0 amide bonds. The number of rotatable bonds is 7. The first-order chi connectivity index (χ1) is 10.1. The SMILES string of the molecule is CC(C)CC(CNCc1cc(Br)c(Br)s1)N1CCOCC1. The Balaban J connectivity index is 1.83. The minimum absolute atomic E-state index is 0.612. The zero-order chi connectivity index (χ0) is 15.2. The molecule has 2 rings (SSSR count). The third kappa shape index (κ3) is 5.92. The molecule has 1 atom stereocenters. The molecule has 1 aliphatic heterocycles. The van der Waals surface area contributed by atoms with Crippen molar-refractivity contribution >= 4 is 43.2 Å². The van der Waals surface area contributed by atoms with Gasteiger partial charge < -0.3 is 10.1 Å². The Hall–Kier alpha value is 0.540. The molecular weight excluding hydrogens is 416 g/mol. The summed E-state index contributed by atoms with van der Waals surface area (Å²) in [4.78, 5) is 3.94. The van der Waals surface area contributed by atoms with Crippen LogP contribution in [-0.4, -0.2) is 43.8 Å². The molecular formula is C15H24Br2N2OS. The fourth-order valence-corrected chi connectivity index (χ4v) is 4.84. The standard InChI is InChI=1S/C15H24Br2N2OS/c1-11(2)7-12(19-3-5-20-6-4-19)9-18-10-13-8-14(16)15(17)21-13/h8,11-12,18H,3-7,9-10H2,1-2H3. The van der Waals surface area contributed by atoms with Crippen LogP contribution in [0.25, 0.3) is 0 Å². The summed E-state index contributed by atoms with van der Waals surface area (Å²) in [6, 6.07) is 2.80. The van der Waals surface area contributed by atoms with Gasteiger partial charge in [-0.25, -0.2) is 0 Å². The predicted molar refractivity (Wildman–Crippen MR) is 97.1 cm³/mol.